The lowest BCUT2D eigenvalue weighted by Gasteiger charge is -2.26. The Balaban J connectivity index is 1.46. The Labute approximate surface area is 225 Å². The van der Waals surface area contributed by atoms with Gasteiger partial charge in [-0.25, -0.2) is 14.6 Å². The number of para-hydroxylation sites is 1. The molecule has 0 radical (unpaired) electrons. The van der Waals surface area contributed by atoms with E-state index in [1.165, 1.54) is 0 Å². The van der Waals surface area contributed by atoms with Crippen LogP contribution in [0.15, 0.2) is 60.7 Å². The molecule has 4 aromatic rings. The predicted octanol–water partition coefficient (Wildman–Crippen LogP) is 5.70. The molecule has 0 aliphatic carbocycles. The summed E-state index contributed by atoms with van der Waals surface area (Å²) in [4.78, 5) is 28.1. The maximum Gasteiger partial charge on any atom is 0.230 e. The van der Waals surface area contributed by atoms with Crippen molar-refractivity contribution in [1.29, 1.82) is 0 Å². The number of hydrogen-bond acceptors (Lipinski definition) is 5. The summed E-state index contributed by atoms with van der Waals surface area (Å²) in [6.07, 6.45) is 4.68. The first-order chi connectivity index (χ1) is 18.6. The number of carbonyl (C=O) groups excluding carboxylic acids is 1. The Morgan fingerprint density at radius 3 is 2.37 bits per heavy atom. The smallest absolute Gasteiger partial charge is 0.230 e. The molecule has 0 saturated carbocycles. The summed E-state index contributed by atoms with van der Waals surface area (Å²) in [5.41, 5.74) is 3.88. The zero-order valence-electron chi connectivity index (χ0n) is 22.8. The van der Waals surface area contributed by atoms with Crippen molar-refractivity contribution >= 4 is 22.8 Å². The molecule has 0 N–H and O–H groups in total. The lowest BCUT2D eigenvalue weighted by Crippen LogP contribution is -2.38. The maximum absolute atomic E-state index is 13.6. The van der Waals surface area contributed by atoms with Crippen molar-refractivity contribution < 1.29 is 4.79 Å². The van der Waals surface area contributed by atoms with Crippen LogP contribution >= 0.6 is 0 Å². The fourth-order valence-corrected chi connectivity index (χ4v) is 5.44. The van der Waals surface area contributed by atoms with Crippen LogP contribution in [-0.2, 0) is 11.2 Å². The van der Waals surface area contributed by atoms with Gasteiger partial charge in [0, 0.05) is 32.6 Å². The Morgan fingerprint density at radius 2 is 1.66 bits per heavy atom. The molecule has 198 valence electrons. The van der Waals surface area contributed by atoms with E-state index in [0.29, 0.717) is 6.54 Å². The molecule has 2 aromatic heterocycles. The highest BCUT2D eigenvalue weighted by atomic mass is 16.2. The maximum atomic E-state index is 13.6. The van der Waals surface area contributed by atoms with E-state index >= 15 is 0 Å². The minimum atomic E-state index is -0.0968. The predicted molar refractivity (Wildman–Crippen MR) is 153 cm³/mol. The van der Waals surface area contributed by atoms with Gasteiger partial charge in [0.2, 0.25) is 5.91 Å². The van der Waals surface area contributed by atoms with Crippen molar-refractivity contribution in [3.63, 3.8) is 0 Å². The van der Waals surface area contributed by atoms with E-state index in [0.717, 1.165) is 91.4 Å². The van der Waals surface area contributed by atoms with Crippen molar-refractivity contribution in [3.05, 3.63) is 77.7 Å². The Hall–Kier alpha value is -3.74. The van der Waals surface area contributed by atoms with Gasteiger partial charge in [-0.1, -0.05) is 68.8 Å². The molecule has 1 atom stereocenters. The summed E-state index contributed by atoms with van der Waals surface area (Å²) in [6, 6.07) is 20.4. The SMILES string of the molecule is CCCCc1nc(N2CCCN(C(=O)[C@@H](CC)c3ccccc3)CC2)c2c(C)nn(-c3ccccc3)c2n1. The van der Waals surface area contributed by atoms with Gasteiger partial charge in [-0.3, -0.25) is 4.79 Å². The quantitative estimate of drug-likeness (QED) is 0.304. The van der Waals surface area contributed by atoms with Gasteiger partial charge in [0.1, 0.15) is 11.6 Å². The van der Waals surface area contributed by atoms with Crippen molar-refractivity contribution in [2.75, 3.05) is 31.1 Å². The fourth-order valence-electron chi connectivity index (χ4n) is 5.44. The Kier molecular flexibility index (Phi) is 8.01. The molecule has 0 spiro atoms. The molecule has 1 aliphatic heterocycles. The lowest BCUT2D eigenvalue weighted by atomic mass is 9.95. The highest BCUT2D eigenvalue weighted by Gasteiger charge is 2.28. The van der Waals surface area contributed by atoms with Crippen LogP contribution in [0.25, 0.3) is 16.7 Å². The van der Waals surface area contributed by atoms with Crippen LogP contribution in [-0.4, -0.2) is 56.7 Å². The second-order valence-electron chi connectivity index (χ2n) is 10.1. The number of unbranched alkanes of at least 4 members (excludes halogenated alkanes) is 1. The van der Waals surface area contributed by atoms with E-state index in [9.17, 15) is 4.79 Å². The third-order valence-corrected chi connectivity index (χ3v) is 7.50. The first kappa shape index (κ1) is 25.9. The number of aromatic nitrogens is 4. The van der Waals surface area contributed by atoms with Crippen molar-refractivity contribution in [1.82, 2.24) is 24.6 Å². The van der Waals surface area contributed by atoms with Gasteiger partial charge in [0.15, 0.2) is 5.65 Å². The van der Waals surface area contributed by atoms with Crippen LogP contribution in [0.5, 0.6) is 0 Å². The molecule has 5 rings (SSSR count). The van der Waals surface area contributed by atoms with Gasteiger partial charge in [-0.15, -0.1) is 0 Å². The molecule has 38 heavy (non-hydrogen) atoms. The summed E-state index contributed by atoms with van der Waals surface area (Å²) >= 11 is 0. The molecule has 0 unspecified atom stereocenters. The van der Waals surface area contributed by atoms with E-state index < -0.39 is 0 Å². The van der Waals surface area contributed by atoms with Crippen LogP contribution in [0, 0.1) is 6.92 Å². The number of carbonyl (C=O) groups is 1. The van der Waals surface area contributed by atoms with Crippen LogP contribution < -0.4 is 4.90 Å². The summed E-state index contributed by atoms with van der Waals surface area (Å²) < 4.78 is 1.95. The Morgan fingerprint density at radius 1 is 0.921 bits per heavy atom. The number of fused-ring (bicyclic) bond motifs is 1. The van der Waals surface area contributed by atoms with Gasteiger partial charge in [0.25, 0.3) is 0 Å². The second kappa shape index (κ2) is 11.8. The van der Waals surface area contributed by atoms with E-state index in [1.54, 1.807) is 0 Å². The number of nitrogens with zero attached hydrogens (tertiary/aromatic N) is 6. The molecule has 1 aliphatic rings. The Bertz CT molecular complexity index is 1370. The van der Waals surface area contributed by atoms with Gasteiger partial charge >= 0.3 is 0 Å². The molecular formula is C31H38N6O. The third kappa shape index (κ3) is 5.28. The normalized spacial score (nSPS) is 15.0. The van der Waals surface area contributed by atoms with Gasteiger partial charge < -0.3 is 9.80 Å². The first-order valence-electron chi connectivity index (χ1n) is 14.0. The van der Waals surface area contributed by atoms with E-state index in [2.05, 4.69) is 47.9 Å². The van der Waals surface area contributed by atoms with E-state index in [4.69, 9.17) is 15.1 Å². The first-order valence-corrected chi connectivity index (χ1v) is 14.0. The van der Waals surface area contributed by atoms with Crippen molar-refractivity contribution in [3.8, 4) is 5.69 Å². The zero-order valence-corrected chi connectivity index (χ0v) is 22.8. The average Bonchev–Trinajstić information content (AvgIpc) is 3.12. The van der Waals surface area contributed by atoms with Crippen LogP contribution in [0.4, 0.5) is 5.82 Å². The summed E-state index contributed by atoms with van der Waals surface area (Å²) in [5.74, 6) is 1.94. The second-order valence-corrected chi connectivity index (χ2v) is 10.1. The minimum Gasteiger partial charge on any atom is -0.354 e. The zero-order chi connectivity index (χ0) is 26.5. The molecular weight excluding hydrogens is 472 g/mol. The summed E-state index contributed by atoms with van der Waals surface area (Å²) in [7, 11) is 0. The minimum absolute atomic E-state index is 0.0968. The number of hydrogen-bond donors (Lipinski definition) is 0. The van der Waals surface area contributed by atoms with Crippen LogP contribution in [0.3, 0.4) is 0 Å². The molecule has 7 nitrogen and oxygen atoms in total. The monoisotopic (exact) mass is 510 g/mol. The lowest BCUT2D eigenvalue weighted by molar-refractivity contribution is -0.132. The third-order valence-electron chi connectivity index (χ3n) is 7.50. The van der Waals surface area contributed by atoms with Gasteiger partial charge in [-0.05, 0) is 43.9 Å². The summed E-state index contributed by atoms with van der Waals surface area (Å²) in [6.45, 7) is 9.37. The average molecular weight is 511 g/mol. The highest BCUT2D eigenvalue weighted by Crippen LogP contribution is 2.30. The number of anilines is 1. The molecule has 0 bridgehead atoms. The number of aryl methyl sites for hydroxylation is 2. The number of rotatable bonds is 8. The van der Waals surface area contributed by atoms with Gasteiger partial charge in [0.05, 0.1) is 22.7 Å². The number of amides is 1. The molecule has 3 heterocycles. The molecule has 1 amide bonds. The van der Waals surface area contributed by atoms with Crippen LogP contribution in [0.1, 0.15) is 62.5 Å². The topological polar surface area (TPSA) is 67.2 Å². The van der Waals surface area contributed by atoms with Gasteiger partial charge in [-0.2, -0.15) is 5.10 Å². The summed E-state index contributed by atoms with van der Waals surface area (Å²) in [5, 5.41) is 5.90. The largest absolute Gasteiger partial charge is 0.354 e. The van der Waals surface area contributed by atoms with E-state index in [1.807, 2.05) is 48.0 Å². The van der Waals surface area contributed by atoms with Crippen molar-refractivity contribution in [2.24, 2.45) is 0 Å². The highest BCUT2D eigenvalue weighted by molar-refractivity contribution is 5.91. The van der Waals surface area contributed by atoms with Crippen LogP contribution in [0.2, 0.25) is 0 Å². The fraction of sp³-hybridized carbons (Fsp3) is 0.419. The standard InChI is InChI=1S/C31H38N6O/c1-4-6-18-27-32-29(28-23(3)34-37(30(28)33-27)25-16-11-8-12-17-25)35-19-13-20-36(22-21-35)31(38)26(5-2)24-14-9-7-10-15-24/h7-12,14-17,26H,4-6,13,18-22H2,1-3H3/t26-/m0/s1. The molecule has 7 heteroatoms. The van der Waals surface area contributed by atoms with E-state index in [-0.39, 0.29) is 11.8 Å². The molecule has 1 saturated heterocycles. The molecule has 1 fully saturated rings. The molecule has 2 aromatic carbocycles. The van der Waals surface area contributed by atoms with Crippen molar-refractivity contribution in [2.45, 2.75) is 58.8 Å². The number of benzene rings is 2.